The minimum atomic E-state index is -0.128. The van der Waals surface area contributed by atoms with Gasteiger partial charge >= 0.3 is 0 Å². The van der Waals surface area contributed by atoms with Gasteiger partial charge in [-0.05, 0) is 43.1 Å². The molecule has 3 heteroatoms. The Balaban J connectivity index is 1.94. The van der Waals surface area contributed by atoms with Gasteiger partial charge in [0.25, 0.3) is 0 Å². The third-order valence-corrected chi connectivity index (χ3v) is 3.81. The molecule has 0 spiro atoms. The molecule has 1 unspecified atom stereocenters. The molecule has 0 saturated carbocycles. The molecule has 0 bridgehead atoms. The van der Waals surface area contributed by atoms with Gasteiger partial charge in [-0.2, -0.15) is 0 Å². The predicted molar refractivity (Wildman–Crippen MR) is 73.6 cm³/mol. The third-order valence-electron chi connectivity index (χ3n) is 3.81. The molecule has 1 N–H and O–H groups in total. The van der Waals surface area contributed by atoms with Gasteiger partial charge in [0.05, 0.1) is 5.69 Å². The van der Waals surface area contributed by atoms with Crippen LogP contribution in [0.2, 0.25) is 0 Å². The number of fused-ring (bicyclic) bond motifs is 1. The Hall–Kier alpha value is -1.74. The van der Waals surface area contributed by atoms with Crippen molar-refractivity contribution in [3.05, 3.63) is 64.7 Å². The maximum atomic E-state index is 14.0. The molecular formula is C16H17FN2. The highest BCUT2D eigenvalue weighted by Crippen LogP contribution is 2.36. The Bertz CT molecular complexity index is 595. The molecule has 0 amide bonds. The maximum Gasteiger partial charge on any atom is 0.127 e. The van der Waals surface area contributed by atoms with E-state index in [-0.39, 0.29) is 11.7 Å². The Labute approximate surface area is 112 Å². The molecule has 98 valence electrons. The lowest BCUT2D eigenvalue weighted by molar-refractivity contribution is 0.596. The fraction of sp³-hybridized carbons (Fsp3) is 0.312. The molecule has 1 aromatic carbocycles. The lowest BCUT2D eigenvalue weighted by Gasteiger charge is -2.12. The van der Waals surface area contributed by atoms with Gasteiger partial charge < -0.3 is 5.32 Å². The fourth-order valence-corrected chi connectivity index (χ4v) is 2.85. The molecule has 0 saturated heterocycles. The standard InChI is InChI=1S/C16H17FN2/c1-18-10-13-5-4-12(9-15(13)17)14-7-6-11-3-2-8-19-16(11)14/h2-5,8-9,14,18H,6-7,10H2,1H3. The minimum Gasteiger partial charge on any atom is -0.316 e. The first-order valence-corrected chi connectivity index (χ1v) is 6.66. The van der Waals surface area contributed by atoms with Gasteiger partial charge in [-0.25, -0.2) is 4.39 Å². The van der Waals surface area contributed by atoms with Crippen molar-refractivity contribution in [2.45, 2.75) is 25.3 Å². The summed E-state index contributed by atoms with van der Waals surface area (Å²) in [5.74, 6) is 0.116. The molecule has 1 aliphatic rings. The second-order valence-corrected chi connectivity index (χ2v) is 5.02. The van der Waals surface area contributed by atoms with E-state index in [4.69, 9.17) is 0 Å². The van der Waals surface area contributed by atoms with Crippen LogP contribution in [-0.4, -0.2) is 12.0 Å². The van der Waals surface area contributed by atoms with E-state index < -0.39 is 0 Å². The SMILES string of the molecule is CNCc1ccc(C2CCc3cccnc32)cc1F. The first-order valence-electron chi connectivity index (χ1n) is 6.66. The summed E-state index contributed by atoms with van der Waals surface area (Å²) >= 11 is 0. The zero-order valence-electron chi connectivity index (χ0n) is 11.0. The Morgan fingerprint density at radius 1 is 1.37 bits per heavy atom. The van der Waals surface area contributed by atoms with Crippen LogP contribution in [0, 0.1) is 5.82 Å². The zero-order valence-corrected chi connectivity index (χ0v) is 11.0. The summed E-state index contributed by atoms with van der Waals surface area (Å²) in [5.41, 5.74) is 4.16. The number of aryl methyl sites for hydroxylation is 1. The number of aromatic nitrogens is 1. The van der Waals surface area contributed by atoms with Gasteiger partial charge in [-0.3, -0.25) is 4.98 Å². The summed E-state index contributed by atoms with van der Waals surface area (Å²) in [6.07, 6.45) is 3.88. The van der Waals surface area contributed by atoms with Crippen molar-refractivity contribution < 1.29 is 4.39 Å². The summed E-state index contributed by atoms with van der Waals surface area (Å²) < 4.78 is 14.0. The van der Waals surface area contributed by atoms with E-state index in [1.54, 1.807) is 6.07 Å². The molecule has 1 atom stereocenters. The van der Waals surface area contributed by atoms with E-state index in [0.29, 0.717) is 12.1 Å². The van der Waals surface area contributed by atoms with Gasteiger partial charge in [-0.1, -0.05) is 18.2 Å². The van der Waals surface area contributed by atoms with Crippen LogP contribution in [0.15, 0.2) is 36.5 Å². The topological polar surface area (TPSA) is 24.9 Å². The number of nitrogens with one attached hydrogen (secondary N) is 1. The summed E-state index contributed by atoms with van der Waals surface area (Å²) in [4.78, 5) is 4.47. The fourth-order valence-electron chi connectivity index (χ4n) is 2.85. The largest absolute Gasteiger partial charge is 0.316 e. The van der Waals surface area contributed by atoms with E-state index >= 15 is 0 Å². The number of rotatable bonds is 3. The summed E-state index contributed by atoms with van der Waals surface area (Å²) in [6, 6.07) is 9.67. The summed E-state index contributed by atoms with van der Waals surface area (Å²) in [7, 11) is 1.82. The summed E-state index contributed by atoms with van der Waals surface area (Å²) in [6.45, 7) is 0.561. The molecule has 2 nitrogen and oxygen atoms in total. The van der Waals surface area contributed by atoms with Gasteiger partial charge in [0.15, 0.2) is 0 Å². The number of hydrogen-bond donors (Lipinski definition) is 1. The van der Waals surface area contributed by atoms with Crippen molar-refractivity contribution in [3.63, 3.8) is 0 Å². The van der Waals surface area contributed by atoms with Crippen LogP contribution in [0.5, 0.6) is 0 Å². The van der Waals surface area contributed by atoms with Crippen molar-refractivity contribution in [2.75, 3.05) is 7.05 Å². The Morgan fingerprint density at radius 3 is 3.05 bits per heavy atom. The zero-order chi connectivity index (χ0) is 13.2. The van der Waals surface area contributed by atoms with Crippen LogP contribution >= 0.6 is 0 Å². The van der Waals surface area contributed by atoms with Crippen LogP contribution in [0.1, 0.15) is 34.7 Å². The molecule has 19 heavy (non-hydrogen) atoms. The van der Waals surface area contributed by atoms with Crippen LogP contribution in [0.3, 0.4) is 0 Å². The molecule has 2 aromatic rings. The number of benzene rings is 1. The quantitative estimate of drug-likeness (QED) is 0.913. The van der Waals surface area contributed by atoms with Crippen LogP contribution in [0.4, 0.5) is 4.39 Å². The molecular weight excluding hydrogens is 239 g/mol. The van der Waals surface area contributed by atoms with Crippen LogP contribution in [0.25, 0.3) is 0 Å². The van der Waals surface area contributed by atoms with Crippen molar-refractivity contribution in [2.24, 2.45) is 0 Å². The molecule has 0 aliphatic heterocycles. The number of hydrogen-bond acceptors (Lipinski definition) is 2. The number of halogens is 1. The predicted octanol–water partition coefficient (Wildman–Crippen LogP) is 3.02. The highest BCUT2D eigenvalue weighted by Gasteiger charge is 2.25. The molecule has 3 rings (SSSR count). The molecule has 1 heterocycles. The average molecular weight is 256 g/mol. The normalized spacial score (nSPS) is 17.5. The average Bonchev–Trinajstić information content (AvgIpc) is 2.85. The molecule has 0 fully saturated rings. The van der Waals surface area contributed by atoms with Crippen molar-refractivity contribution in [3.8, 4) is 0 Å². The lowest BCUT2D eigenvalue weighted by atomic mass is 9.95. The van der Waals surface area contributed by atoms with Crippen molar-refractivity contribution >= 4 is 0 Å². The van der Waals surface area contributed by atoms with E-state index in [9.17, 15) is 4.39 Å². The van der Waals surface area contributed by atoms with Crippen LogP contribution in [-0.2, 0) is 13.0 Å². The third kappa shape index (κ3) is 2.26. The van der Waals surface area contributed by atoms with Gasteiger partial charge in [0.2, 0.25) is 0 Å². The van der Waals surface area contributed by atoms with E-state index in [1.165, 1.54) is 5.56 Å². The second-order valence-electron chi connectivity index (χ2n) is 5.02. The molecule has 1 aromatic heterocycles. The van der Waals surface area contributed by atoms with Gasteiger partial charge in [-0.15, -0.1) is 0 Å². The highest BCUT2D eigenvalue weighted by molar-refractivity contribution is 5.39. The Kier molecular flexibility index (Phi) is 3.30. The molecule has 0 radical (unpaired) electrons. The number of pyridine rings is 1. The second kappa shape index (κ2) is 5.10. The summed E-state index contributed by atoms with van der Waals surface area (Å²) in [5, 5.41) is 2.98. The first-order chi connectivity index (χ1) is 9.29. The van der Waals surface area contributed by atoms with Crippen molar-refractivity contribution in [1.29, 1.82) is 0 Å². The smallest absolute Gasteiger partial charge is 0.127 e. The van der Waals surface area contributed by atoms with E-state index in [2.05, 4.69) is 16.4 Å². The Morgan fingerprint density at radius 2 is 2.26 bits per heavy atom. The first kappa shape index (κ1) is 12.3. The molecule has 1 aliphatic carbocycles. The minimum absolute atomic E-state index is 0.128. The van der Waals surface area contributed by atoms with Crippen LogP contribution < -0.4 is 5.32 Å². The van der Waals surface area contributed by atoms with E-state index in [1.807, 2.05) is 31.4 Å². The maximum absolute atomic E-state index is 14.0. The van der Waals surface area contributed by atoms with E-state index in [0.717, 1.165) is 24.1 Å². The van der Waals surface area contributed by atoms with Gasteiger partial charge in [0.1, 0.15) is 5.82 Å². The number of nitrogens with zero attached hydrogens (tertiary/aromatic N) is 1. The lowest BCUT2D eigenvalue weighted by Crippen LogP contribution is -2.08. The van der Waals surface area contributed by atoms with Gasteiger partial charge in [0, 0.05) is 24.2 Å². The highest BCUT2D eigenvalue weighted by atomic mass is 19.1. The monoisotopic (exact) mass is 256 g/mol. The van der Waals surface area contributed by atoms with Crippen molar-refractivity contribution in [1.82, 2.24) is 10.3 Å².